The molecular formula is C15H23N3O3S. The number of sulfonamides is 1. The first-order valence-corrected chi connectivity index (χ1v) is 9.07. The van der Waals surface area contributed by atoms with Gasteiger partial charge in [-0.05, 0) is 44.5 Å². The average Bonchev–Trinajstić information content (AvgIpc) is 2.48. The number of benzene rings is 1. The smallest absolute Gasteiger partial charge is 0.251 e. The zero-order valence-corrected chi connectivity index (χ0v) is 13.6. The van der Waals surface area contributed by atoms with E-state index in [-0.39, 0.29) is 10.8 Å². The van der Waals surface area contributed by atoms with E-state index in [1.165, 1.54) is 37.5 Å². The van der Waals surface area contributed by atoms with Crippen LogP contribution in [0.2, 0.25) is 0 Å². The number of carbonyl (C=O) groups excluding carboxylic acids is 1. The summed E-state index contributed by atoms with van der Waals surface area (Å²) in [5.74, 6) is -0.282. The van der Waals surface area contributed by atoms with Gasteiger partial charge >= 0.3 is 0 Å². The molecule has 0 aliphatic carbocycles. The van der Waals surface area contributed by atoms with Crippen LogP contribution in [0.15, 0.2) is 29.2 Å². The number of carbonyl (C=O) groups is 1. The van der Waals surface area contributed by atoms with Crippen molar-refractivity contribution in [1.82, 2.24) is 10.2 Å². The Bertz CT molecular complexity index is 631. The van der Waals surface area contributed by atoms with E-state index in [0.717, 1.165) is 13.1 Å². The summed E-state index contributed by atoms with van der Waals surface area (Å²) in [7, 11) is -3.79. The first-order valence-electron chi connectivity index (χ1n) is 7.53. The van der Waals surface area contributed by atoms with Gasteiger partial charge in [0.1, 0.15) is 0 Å². The Morgan fingerprint density at radius 3 is 2.86 bits per heavy atom. The molecule has 22 heavy (non-hydrogen) atoms. The quantitative estimate of drug-likeness (QED) is 0.842. The molecule has 1 amide bonds. The van der Waals surface area contributed by atoms with Crippen molar-refractivity contribution >= 4 is 15.9 Å². The highest BCUT2D eigenvalue weighted by molar-refractivity contribution is 7.89. The summed E-state index contributed by atoms with van der Waals surface area (Å²) in [4.78, 5) is 14.4. The molecule has 1 heterocycles. The van der Waals surface area contributed by atoms with Gasteiger partial charge in [-0.2, -0.15) is 0 Å². The van der Waals surface area contributed by atoms with Crippen LogP contribution in [0, 0.1) is 0 Å². The van der Waals surface area contributed by atoms with E-state index in [1.807, 2.05) is 0 Å². The highest BCUT2D eigenvalue weighted by Crippen LogP contribution is 2.15. The molecule has 0 saturated carbocycles. The molecule has 6 nitrogen and oxygen atoms in total. The van der Waals surface area contributed by atoms with E-state index in [9.17, 15) is 13.2 Å². The third-order valence-electron chi connectivity index (χ3n) is 4.05. The maximum Gasteiger partial charge on any atom is 0.251 e. The second kappa shape index (κ2) is 7.21. The fourth-order valence-corrected chi connectivity index (χ4v) is 3.28. The maximum absolute atomic E-state index is 12.1. The SMILES string of the molecule is C[C@H]1CCCCN1CCNC(=O)c1cccc(S(N)(=O)=O)c1. The Morgan fingerprint density at radius 2 is 2.18 bits per heavy atom. The van der Waals surface area contributed by atoms with Crippen molar-refractivity contribution in [2.45, 2.75) is 37.1 Å². The molecule has 0 unspecified atom stereocenters. The summed E-state index contributed by atoms with van der Waals surface area (Å²) in [5, 5.41) is 7.90. The number of nitrogens with one attached hydrogen (secondary N) is 1. The van der Waals surface area contributed by atoms with E-state index in [1.54, 1.807) is 6.07 Å². The summed E-state index contributed by atoms with van der Waals surface area (Å²) in [5.41, 5.74) is 0.304. The van der Waals surface area contributed by atoms with Crippen molar-refractivity contribution in [2.75, 3.05) is 19.6 Å². The van der Waals surface area contributed by atoms with E-state index < -0.39 is 10.0 Å². The van der Waals surface area contributed by atoms with E-state index in [0.29, 0.717) is 18.2 Å². The maximum atomic E-state index is 12.1. The number of rotatable bonds is 5. The summed E-state index contributed by atoms with van der Waals surface area (Å²) in [6.07, 6.45) is 3.67. The van der Waals surface area contributed by atoms with Crippen LogP contribution >= 0.6 is 0 Å². The normalized spacial score (nSPS) is 19.8. The molecule has 1 aliphatic heterocycles. The van der Waals surface area contributed by atoms with Gasteiger partial charge in [-0.3, -0.25) is 9.69 Å². The average molecular weight is 325 g/mol. The van der Waals surface area contributed by atoms with Gasteiger partial charge in [0.25, 0.3) is 5.91 Å². The predicted molar refractivity (Wildman–Crippen MR) is 85.0 cm³/mol. The van der Waals surface area contributed by atoms with Gasteiger partial charge in [-0.25, -0.2) is 13.6 Å². The molecule has 0 aromatic heterocycles. The van der Waals surface area contributed by atoms with Crippen LogP contribution in [-0.4, -0.2) is 44.9 Å². The number of hydrogen-bond donors (Lipinski definition) is 2. The van der Waals surface area contributed by atoms with Crippen molar-refractivity contribution in [3.05, 3.63) is 29.8 Å². The van der Waals surface area contributed by atoms with Gasteiger partial charge in [0, 0.05) is 24.7 Å². The highest BCUT2D eigenvalue weighted by atomic mass is 32.2. The Hall–Kier alpha value is -1.44. The Labute approximate surface area is 131 Å². The number of hydrogen-bond acceptors (Lipinski definition) is 4. The fraction of sp³-hybridized carbons (Fsp3) is 0.533. The first-order chi connectivity index (χ1) is 10.4. The van der Waals surface area contributed by atoms with Crippen LogP contribution in [0.3, 0.4) is 0 Å². The lowest BCUT2D eigenvalue weighted by atomic mass is 10.0. The van der Waals surface area contributed by atoms with Crippen LogP contribution < -0.4 is 10.5 Å². The fourth-order valence-electron chi connectivity index (χ4n) is 2.72. The molecule has 2 rings (SSSR count). The number of likely N-dealkylation sites (tertiary alicyclic amines) is 1. The standard InChI is InChI=1S/C15H23N3O3S/c1-12-5-2-3-9-18(12)10-8-17-15(19)13-6-4-7-14(11-13)22(16,20)21/h4,6-7,11-12H,2-3,5,8-10H2,1H3,(H,17,19)(H2,16,20,21)/t12-/m0/s1. The van der Waals surface area contributed by atoms with Gasteiger partial charge in [0.15, 0.2) is 0 Å². The Balaban J connectivity index is 1.90. The molecular weight excluding hydrogens is 302 g/mol. The Morgan fingerprint density at radius 1 is 1.41 bits per heavy atom. The number of nitrogens with two attached hydrogens (primary N) is 1. The molecule has 0 radical (unpaired) electrons. The third kappa shape index (κ3) is 4.53. The van der Waals surface area contributed by atoms with Gasteiger partial charge < -0.3 is 5.32 Å². The van der Waals surface area contributed by atoms with Crippen molar-refractivity contribution in [3.63, 3.8) is 0 Å². The van der Waals surface area contributed by atoms with Crippen molar-refractivity contribution in [1.29, 1.82) is 0 Å². The zero-order valence-electron chi connectivity index (χ0n) is 12.8. The number of piperidine rings is 1. The van der Waals surface area contributed by atoms with Crippen LogP contribution in [-0.2, 0) is 10.0 Å². The predicted octanol–water partition coefficient (Wildman–Crippen LogP) is 0.938. The Kier molecular flexibility index (Phi) is 5.55. The summed E-state index contributed by atoms with van der Waals surface area (Å²) < 4.78 is 22.6. The molecule has 7 heteroatoms. The molecule has 0 spiro atoms. The van der Waals surface area contributed by atoms with Crippen LogP contribution in [0.25, 0.3) is 0 Å². The number of primary sulfonamides is 1. The van der Waals surface area contributed by atoms with Gasteiger partial charge in [0.2, 0.25) is 10.0 Å². The zero-order chi connectivity index (χ0) is 16.2. The molecule has 1 aromatic rings. The van der Waals surface area contributed by atoms with Crippen molar-refractivity contribution in [3.8, 4) is 0 Å². The second-order valence-electron chi connectivity index (χ2n) is 5.71. The highest BCUT2D eigenvalue weighted by Gasteiger charge is 2.18. The van der Waals surface area contributed by atoms with E-state index >= 15 is 0 Å². The third-order valence-corrected chi connectivity index (χ3v) is 4.96. The summed E-state index contributed by atoms with van der Waals surface area (Å²) in [6, 6.07) is 6.32. The number of nitrogens with zero attached hydrogens (tertiary/aromatic N) is 1. The largest absolute Gasteiger partial charge is 0.351 e. The van der Waals surface area contributed by atoms with E-state index in [2.05, 4.69) is 17.1 Å². The molecule has 1 atom stereocenters. The monoisotopic (exact) mass is 325 g/mol. The van der Waals surface area contributed by atoms with E-state index in [4.69, 9.17) is 5.14 Å². The molecule has 122 valence electrons. The van der Waals surface area contributed by atoms with Crippen molar-refractivity contribution in [2.24, 2.45) is 5.14 Å². The molecule has 1 fully saturated rings. The minimum Gasteiger partial charge on any atom is -0.351 e. The lowest BCUT2D eigenvalue weighted by Gasteiger charge is -2.33. The minimum atomic E-state index is -3.79. The molecule has 1 saturated heterocycles. The molecule has 3 N–H and O–H groups in total. The van der Waals surface area contributed by atoms with Crippen molar-refractivity contribution < 1.29 is 13.2 Å². The molecule has 1 aliphatic rings. The lowest BCUT2D eigenvalue weighted by molar-refractivity contribution is 0.0938. The van der Waals surface area contributed by atoms with Crippen LogP contribution in [0.5, 0.6) is 0 Å². The first kappa shape index (κ1) is 16.9. The number of amides is 1. The van der Waals surface area contributed by atoms with Gasteiger partial charge in [-0.15, -0.1) is 0 Å². The summed E-state index contributed by atoms with van der Waals surface area (Å²) in [6.45, 7) is 4.62. The van der Waals surface area contributed by atoms with Gasteiger partial charge in [-0.1, -0.05) is 12.5 Å². The van der Waals surface area contributed by atoms with Gasteiger partial charge in [0.05, 0.1) is 4.90 Å². The molecule has 0 bridgehead atoms. The lowest BCUT2D eigenvalue weighted by Crippen LogP contribution is -2.42. The van der Waals surface area contributed by atoms with Crippen LogP contribution in [0.1, 0.15) is 36.5 Å². The minimum absolute atomic E-state index is 0.0511. The summed E-state index contributed by atoms with van der Waals surface area (Å²) >= 11 is 0. The second-order valence-corrected chi connectivity index (χ2v) is 7.27. The van der Waals surface area contributed by atoms with Crippen LogP contribution in [0.4, 0.5) is 0 Å². The molecule has 1 aromatic carbocycles. The topological polar surface area (TPSA) is 92.5 Å².